The molecule has 2 unspecified atom stereocenters. The molecule has 20 heavy (non-hydrogen) atoms. The van der Waals surface area contributed by atoms with Crippen LogP contribution in [0.4, 0.5) is 4.39 Å². The van der Waals surface area contributed by atoms with Crippen molar-refractivity contribution in [2.75, 3.05) is 0 Å². The molecule has 2 N–H and O–H groups in total. The second-order valence-electron chi connectivity index (χ2n) is 5.51. The fourth-order valence-electron chi connectivity index (χ4n) is 1.86. The summed E-state index contributed by atoms with van der Waals surface area (Å²) in [7, 11) is 0. The highest BCUT2D eigenvalue weighted by Crippen LogP contribution is 2.22. The molecule has 0 aromatic rings. The highest BCUT2D eigenvalue weighted by atomic mass is 19.1. The van der Waals surface area contributed by atoms with Gasteiger partial charge in [0.05, 0.1) is 0 Å². The molecule has 0 radical (unpaired) electrons. The van der Waals surface area contributed by atoms with Gasteiger partial charge in [0, 0.05) is 12.0 Å². The number of amides is 3. The lowest BCUT2D eigenvalue weighted by molar-refractivity contribution is -0.136. The van der Waals surface area contributed by atoms with E-state index in [1.807, 2.05) is 13.8 Å². The Bertz CT molecular complexity index is 434. The minimum Gasteiger partial charge on any atom is -0.340 e. The van der Waals surface area contributed by atoms with Crippen molar-refractivity contribution in [1.29, 1.82) is 0 Å². The number of rotatable bonds is 5. The van der Waals surface area contributed by atoms with Gasteiger partial charge in [-0.2, -0.15) is 0 Å². The van der Waals surface area contributed by atoms with Crippen molar-refractivity contribution in [3.05, 3.63) is 12.2 Å². The first-order chi connectivity index (χ1) is 9.23. The number of hydrogen-bond acceptors (Lipinski definition) is 3. The fourth-order valence-corrected chi connectivity index (χ4v) is 1.86. The molecule has 1 rings (SSSR count). The van der Waals surface area contributed by atoms with Gasteiger partial charge in [0.25, 0.3) is 0 Å². The zero-order valence-corrected chi connectivity index (χ0v) is 12.0. The fraction of sp³-hybridized carbons (Fsp3) is 0.643. The third-order valence-electron chi connectivity index (χ3n) is 3.68. The van der Waals surface area contributed by atoms with Gasteiger partial charge in [0.2, 0.25) is 17.7 Å². The largest absolute Gasteiger partial charge is 0.340 e. The summed E-state index contributed by atoms with van der Waals surface area (Å²) in [5.74, 6) is -1.87. The number of carbonyl (C=O) groups is 3. The number of piperidine rings is 1. The number of carbonyl (C=O) groups excluding carboxylic acids is 3. The average molecular weight is 284 g/mol. The first-order valence-electron chi connectivity index (χ1n) is 6.71. The SMILES string of the molecule is C=C(C(=O)NC1CCC(=O)NC1=O)C(F)[C@H](C)C(C)C. The Morgan fingerprint density at radius 1 is 1.40 bits per heavy atom. The highest BCUT2D eigenvalue weighted by molar-refractivity contribution is 6.03. The van der Waals surface area contributed by atoms with Crippen LogP contribution in [0.2, 0.25) is 0 Å². The van der Waals surface area contributed by atoms with Crippen molar-refractivity contribution < 1.29 is 18.8 Å². The van der Waals surface area contributed by atoms with Gasteiger partial charge in [-0.15, -0.1) is 0 Å². The van der Waals surface area contributed by atoms with Crippen molar-refractivity contribution in [3.8, 4) is 0 Å². The Labute approximate surface area is 118 Å². The minimum atomic E-state index is -1.46. The van der Waals surface area contributed by atoms with E-state index in [1.165, 1.54) is 0 Å². The van der Waals surface area contributed by atoms with Crippen molar-refractivity contribution in [3.63, 3.8) is 0 Å². The molecule has 0 saturated carbocycles. The molecule has 3 amide bonds. The van der Waals surface area contributed by atoms with Crippen LogP contribution in [0, 0.1) is 11.8 Å². The molecule has 1 saturated heterocycles. The van der Waals surface area contributed by atoms with Gasteiger partial charge in [-0.25, -0.2) is 4.39 Å². The van der Waals surface area contributed by atoms with Crippen molar-refractivity contribution in [1.82, 2.24) is 10.6 Å². The maximum absolute atomic E-state index is 14.1. The monoisotopic (exact) mass is 284 g/mol. The van der Waals surface area contributed by atoms with Gasteiger partial charge >= 0.3 is 0 Å². The number of hydrogen-bond donors (Lipinski definition) is 2. The lowest BCUT2D eigenvalue weighted by Gasteiger charge is -2.25. The molecule has 0 spiro atoms. The second kappa shape index (κ2) is 6.63. The zero-order chi connectivity index (χ0) is 15.4. The van der Waals surface area contributed by atoms with Crippen LogP contribution in [0.5, 0.6) is 0 Å². The van der Waals surface area contributed by atoms with Crippen LogP contribution in [-0.2, 0) is 14.4 Å². The predicted molar refractivity (Wildman–Crippen MR) is 72.4 cm³/mol. The van der Waals surface area contributed by atoms with Crippen molar-refractivity contribution in [2.24, 2.45) is 11.8 Å². The van der Waals surface area contributed by atoms with Crippen LogP contribution < -0.4 is 10.6 Å². The van der Waals surface area contributed by atoms with Gasteiger partial charge in [-0.05, 0) is 18.3 Å². The summed E-state index contributed by atoms with van der Waals surface area (Å²) < 4.78 is 14.1. The van der Waals surface area contributed by atoms with Gasteiger partial charge in [0.15, 0.2) is 0 Å². The van der Waals surface area contributed by atoms with E-state index >= 15 is 0 Å². The summed E-state index contributed by atoms with van der Waals surface area (Å²) in [6.45, 7) is 8.91. The van der Waals surface area contributed by atoms with Crippen LogP contribution >= 0.6 is 0 Å². The predicted octanol–water partition coefficient (Wildman–Crippen LogP) is 1.09. The molecule has 0 aliphatic carbocycles. The number of halogens is 1. The lowest BCUT2D eigenvalue weighted by atomic mass is 9.89. The molecular weight excluding hydrogens is 263 g/mol. The summed E-state index contributed by atoms with van der Waals surface area (Å²) >= 11 is 0. The topological polar surface area (TPSA) is 75.3 Å². The molecule has 0 aromatic carbocycles. The van der Waals surface area contributed by atoms with E-state index < -0.39 is 24.0 Å². The Morgan fingerprint density at radius 3 is 2.50 bits per heavy atom. The Hall–Kier alpha value is -1.72. The van der Waals surface area contributed by atoms with E-state index in [4.69, 9.17) is 0 Å². The molecule has 112 valence electrons. The maximum atomic E-state index is 14.1. The smallest absolute Gasteiger partial charge is 0.250 e. The highest BCUT2D eigenvalue weighted by Gasteiger charge is 2.31. The first kappa shape index (κ1) is 16.3. The van der Waals surface area contributed by atoms with Crippen LogP contribution in [0.25, 0.3) is 0 Å². The van der Waals surface area contributed by atoms with E-state index in [9.17, 15) is 18.8 Å². The van der Waals surface area contributed by atoms with Crippen LogP contribution in [0.3, 0.4) is 0 Å². The number of alkyl halides is 1. The summed E-state index contributed by atoms with van der Waals surface area (Å²) in [5.41, 5.74) is -0.184. The molecule has 6 heteroatoms. The molecule has 3 atom stereocenters. The third kappa shape index (κ3) is 3.88. The summed E-state index contributed by atoms with van der Waals surface area (Å²) in [4.78, 5) is 34.4. The summed E-state index contributed by atoms with van der Waals surface area (Å²) in [6.07, 6.45) is -1.08. The van der Waals surface area contributed by atoms with Crippen LogP contribution in [-0.4, -0.2) is 29.9 Å². The molecule has 1 heterocycles. The van der Waals surface area contributed by atoms with E-state index in [2.05, 4.69) is 17.2 Å². The second-order valence-corrected chi connectivity index (χ2v) is 5.51. The van der Waals surface area contributed by atoms with E-state index in [-0.39, 0.29) is 36.2 Å². The van der Waals surface area contributed by atoms with Crippen molar-refractivity contribution >= 4 is 17.7 Å². The van der Waals surface area contributed by atoms with Crippen LogP contribution in [0.1, 0.15) is 33.6 Å². The number of imide groups is 1. The van der Waals surface area contributed by atoms with Gasteiger partial charge in [-0.3, -0.25) is 19.7 Å². The van der Waals surface area contributed by atoms with Crippen molar-refractivity contribution in [2.45, 2.75) is 45.8 Å². The molecular formula is C14H21FN2O3. The maximum Gasteiger partial charge on any atom is 0.250 e. The Morgan fingerprint density at radius 2 is 2.00 bits per heavy atom. The Kier molecular flexibility index (Phi) is 5.42. The summed E-state index contributed by atoms with van der Waals surface area (Å²) in [6, 6.07) is -0.807. The molecule has 0 aromatic heterocycles. The number of nitrogens with one attached hydrogen (secondary N) is 2. The molecule has 5 nitrogen and oxygen atoms in total. The van der Waals surface area contributed by atoms with Gasteiger partial charge in [-0.1, -0.05) is 27.4 Å². The average Bonchev–Trinajstić information content (AvgIpc) is 2.39. The normalized spacial score (nSPS) is 22.1. The van der Waals surface area contributed by atoms with Crippen LogP contribution in [0.15, 0.2) is 12.2 Å². The third-order valence-corrected chi connectivity index (χ3v) is 3.68. The molecule has 0 bridgehead atoms. The van der Waals surface area contributed by atoms with Gasteiger partial charge in [0.1, 0.15) is 12.2 Å². The standard InChI is InChI=1S/C14H21FN2O3/c1-7(2)8(3)12(15)9(4)13(19)16-10-5-6-11(18)17-14(10)20/h7-8,10,12H,4-6H2,1-3H3,(H,16,19)(H,17,18,20)/t8-,10?,12?/m1/s1. The first-order valence-corrected chi connectivity index (χ1v) is 6.71. The van der Waals surface area contributed by atoms with E-state index in [1.54, 1.807) is 6.92 Å². The molecule has 1 fully saturated rings. The zero-order valence-electron chi connectivity index (χ0n) is 12.0. The molecule has 1 aliphatic heterocycles. The van der Waals surface area contributed by atoms with E-state index in [0.29, 0.717) is 0 Å². The quantitative estimate of drug-likeness (QED) is 0.586. The Balaban J connectivity index is 2.60. The van der Waals surface area contributed by atoms with E-state index in [0.717, 1.165) is 0 Å². The lowest BCUT2D eigenvalue weighted by Crippen LogP contribution is -2.53. The molecule has 1 aliphatic rings. The minimum absolute atomic E-state index is 0.0742. The van der Waals surface area contributed by atoms with Gasteiger partial charge < -0.3 is 5.32 Å². The summed E-state index contributed by atoms with van der Waals surface area (Å²) in [5, 5.41) is 4.55.